The highest BCUT2D eigenvalue weighted by Crippen LogP contribution is 2.36. The van der Waals surface area contributed by atoms with Gasteiger partial charge in [-0.2, -0.15) is 18.4 Å². The fraction of sp³-hybridized carbons (Fsp3) is 0.143. The van der Waals surface area contributed by atoms with Crippen LogP contribution in [0.15, 0.2) is 36.5 Å². The van der Waals surface area contributed by atoms with Gasteiger partial charge >= 0.3 is 6.18 Å². The number of benzene rings is 1. The van der Waals surface area contributed by atoms with Gasteiger partial charge in [0.1, 0.15) is 0 Å². The van der Waals surface area contributed by atoms with Crippen LogP contribution in [0.4, 0.5) is 13.2 Å². The average molecular weight is 374 g/mol. The van der Waals surface area contributed by atoms with Crippen LogP contribution in [0.25, 0.3) is 0 Å². The molecule has 1 aromatic carbocycles. The number of pyridine rings is 1. The van der Waals surface area contributed by atoms with Crippen molar-refractivity contribution in [2.75, 3.05) is 0 Å². The van der Waals surface area contributed by atoms with Crippen molar-refractivity contribution < 1.29 is 13.2 Å². The Morgan fingerprint density at radius 2 is 1.92 bits per heavy atom. The summed E-state index contributed by atoms with van der Waals surface area (Å²) in [5, 5.41) is 13.9. The van der Waals surface area contributed by atoms with E-state index >= 15 is 0 Å². The summed E-state index contributed by atoms with van der Waals surface area (Å²) in [6, 6.07) is 7.55. The van der Waals surface area contributed by atoms with Crippen molar-refractivity contribution in [3.63, 3.8) is 0 Å². The zero-order valence-corrected chi connectivity index (χ0v) is 13.2. The van der Waals surface area contributed by atoms with Crippen molar-refractivity contribution >= 4 is 23.2 Å². The van der Waals surface area contributed by atoms with Crippen LogP contribution in [0.5, 0.6) is 0 Å². The first-order chi connectivity index (χ1) is 11.4. The molecule has 1 atom stereocenters. The molecular weight excluding hydrogens is 366 g/mol. The smallest absolute Gasteiger partial charge is 0.258 e. The summed E-state index contributed by atoms with van der Waals surface area (Å²) in [7, 11) is 0. The van der Waals surface area contributed by atoms with Gasteiger partial charge < -0.3 is 0 Å². The van der Waals surface area contributed by atoms with Crippen LogP contribution in [0.3, 0.4) is 0 Å². The minimum atomic E-state index is -4.53. The van der Waals surface area contributed by atoms with Gasteiger partial charge in [0.2, 0.25) is 0 Å². The standard InChI is InChI=1S/C14H8Cl2F3N5/c15-9-3-1-2-7(4-9)11(13-21-23-24-22-13)12-10(16)5-8(6-20-12)14(17,18)19/h1-6,11H,(H,21,22,23,24)/t11-/m0/s1. The summed E-state index contributed by atoms with van der Waals surface area (Å²) < 4.78 is 38.4. The number of nitrogens with one attached hydrogen (secondary N) is 1. The number of hydrogen-bond donors (Lipinski definition) is 1. The average Bonchev–Trinajstić information content (AvgIpc) is 3.02. The second-order valence-corrected chi connectivity index (χ2v) is 5.69. The van der Waals surface area contributed by atoms with Crippen LogP contribution in [0, 0.1) is 0 Å². The van der Waals surface area contributed by atoms with Crippen molar-refractivity contribution in [3.8, 4) is 0 Å². The van der Waals surface area contributed by atoms with E-state index in [4.69, 9.17) is 23.2 Å². The maximum Gasteiger partial charge on any atom is 0.417 e. The van der Waals surface area contributed by atoms with Crippen LogP contribution >= 0.6 is 23.2 Å². The first-order valence-corrected chi connectivity index (χ1v) is 7.33. The second-order valence-electron chi connectivity index (χ2n) is 4.85. The fourth-order valence-electron chi connectivity index (χ4n) is 2.22. The molecule has 0 amide bonds. The quantitative estimate of drug-likeness (QED) is 0.750. The molecule has 0 radical (unpaired) electrons. The Morgan fingerprint density at radius 1 is 1.12 bits per heavy atom. The predicted molar refractivity (Wildman–Crippen MR) is 80.8 cm³/mol. The maximum absolute atomic E-state index is 12.8. The SMILES string of the molecule is FC(F)(F)c1cnc([C@H](c2cccc(Cl)c2)c2nn[nH]n2)c(Cl)c1. The van der Waals surface area contributed by atoms with Crippen molar-refractivity contribution in [3.05, 3.63) is 69.2 Å². The fourth-order valence-corrected chi connectivity index (χ4v) is 2.70. The zero-order chi connectivity index (χ0) is 17.3. The van der Waals surface area contributed by atoms with Gasteiger partial charge in [-0.1, -0.05) is 40.5 Å². The van der Waals surface area contributed by atoms with E-state index in [9.17, 15) is 13.2 Å². The van der Waals surface area contributed by atoms with Crippen LogP contribution in [-0.2, 0) is 6.18 Å². The molecule has 0 bridgehead atoms. The summed E-state index contributed by atoms with van der Waals surface area (Å²) in [6.45, 7) is 0. The van der Waals surface area contributed by atoms with Crippen molar-refractivity contribution in [1.82, 2.24) is 25.6 Å². The lowest BCUT2D eigenvalue weighted by Crippen LogP contribution is -2.11. The molecule has 0 aliphatic heterocycles. The maximum atomic E-state index is 12.8. The Bertz CT molecular complexity index is 852. The molecule has 24 heavy (non-hydrogen) atoms. The summed E-state index contributed by atoms with van der Waals surface area (Å²) >= 11 is 12.1. The zero-order valence-electron chi connectivity index (χ0n) is 11.7. The lowest BCUT2D eigenvalue weighted by Gasteiger charge is -2.16. The number of tetrazole rings is 1. The van der Waals surface area contributed by atoms with E-state index in [1.807, 2.05) is 0 Å². The summed E-state index contributed by atoms with van der Waals surface area (Å²) in [4.78, 5) is 3.89. The second kappa shape index (κ2) is 6.37. The molecule has 0 aliphatic carbocycles. The summed E-state index contributed by atoms with van der Waals surface area (Å²) in [6.07, 6.45) is -3.81. The van der Waals surface area contributed by atoms with Crippen LogP contribution in [-0.4, -0.2) is 25.6 Å². The van der Waals surface area contributed by atoms with E-state index < -0.39 is 17.7 Å². The van der Waals surface area contributed by atoms with Gasteiger partial charge in [0.25, 0.3) is 0 Å². The van der Waals surface area contributed by atoms with Gasteiger partial charge in [0.05, 0.1) is 22.2 Å². The largest absolute Gasteiger partial charge is 0.417 e. The van der Waals surface area contributed by atoms with Crippen LogP contribution < -0.4 is 0 Å². The Labute approximate surface area is 143 Å². The number of nitrogens with zero attached hydrogens (tertiary/aromatic N) is 4. The topological polar surface area (TPSA) is 67.3 Å². The Hall–Kier alpha value is -2.19. The number of aromatic nitrogens is 5. The third-order valence-corrected chi connectivity index (χ3v) is 3.81. The molecule has 5 nitrogen and oxygen atoms in total. The molecule has 10 heteroatoms. The Morgan fingerprint density at radius 3 is 2.50 bits per heavy atom. The van der Waals surface area contributed by atoms with E-state index in [0.717, 1.165) is 12.3 Å². The third-order valence-electron chi connectivity index (χ3n) is 3.27. The predicted octanol–water partition coefficient (Wildman–Crippen LogP) is 4.10. The highest BCUT2D eigenvalue weighted by atomic mass is 35.5. The van der Waals surface area contributed by atoms with Crippen molar-refractivity contribution in [2.24, 2.45) is 0 Å². The highest BCUT2D eigenvalue weighted by molar-refractivity contribution is 6.31. The van der Waals surface area contributed by atoms with Crippen molar-refractivity contribution in [1.29, 1.82) is 0 Å². The molecule has 2 heterocycles. The molecule has 0 unspecified atom stereocenters. The number of aromatic amines is 1. The normalized spacial score (nSPS) is 13.0. The number of rotatable bonds is 3. The molecule has 0 fully saturated rings. The Kier molecular flexibility index (Phi) is 4.42. The van der Waals surface area contributed by atoms with Gasteiger partial charge in [-0.05, 0) is 23.8 Å². The lowest BCUT2D eigenvalue weighted by molar-refractivity contribution is -0.137. The molecule has 0 aliphatic rings. The molecule has 1 N–H and O–H groups in total. The molecule has 3 aromatic rings. The van der Waals surface area contributed by atoms with E-state index in [2.05, 4.69) is 25.6 Å². The van der Waals surface area contributed by atoms with Gasteiger partial charge in [-0.3, -0.25) is 4.98 Å². The van der Waals surface area contributed by atoms with E-state index in [-0.39, 0.29) is 16.5 Å². The summed E-state index contributed by atoms with van der Waals surface area (Å²) in [5.74, 6) is -0.497. The van der Waals surface area contributed by atoms with Crippen LogP contribution in [0.1, 0.15) is 28.6 Å². The first-order valence-electron chi connectivity index (χ1n) is 6.57. The molecule has 0 saturated carbocycles. The minimum absolute atomic E-state index is 0.153. The van der Waals surface area contributed by atoms with Crippen molar-refractivity contribution in [2.45, 2.75) is 12.1 Å². The van der Waals surface area contributed by atoms with Gasteiger partial charge in [0.15, 0.2) is 5.82 Å². The number of hydrogen-bond acceptors (Lipinski definition) is 4. The molecule has 0 saturated heterocycles. The molecule has 3 rings (SSSR count). The Balaban J connectivity index is 2.14. The summed E-state index contributed by atoms with van der Waals surface area (Å²) in [5.41, 5.74) is -0.138. The molecular formula is C14H8Cl2F3N5. The number of H-pyrrole nitrogens is 1. The van der Waals surface area contributed by atoms with E-state index in [1.165, 1.54) is 0 Å². The molecule has 0 spiro atoms. The van der Waals surface area contributed by atoms with Gasteiger partial charge in [0, 0.05) is 11.2 Å². The monoisotopic (exact) mass is 373 g/mol. The molecule has 124 valence electrons. The van der Waals surface area contributed by atoms with Gasteiger partial charge in [-0.15, -0.1) is 10.2 Å². The minimum Gasteiger partial charge on any atom is -0.258 e. The molecule has 2 aromatic heterocycles. The first kappa shape index (κ1) is 16.7. The van der Waals surface area contributed by atoms with Gasteiger partial charge in [-0.25, -0.2) is 0 Å². The number of alkyl halides is 3. The number of halogens is 5. The lowest BCUT2D eigenvalue weighted by atomic mass is 9.94. The van der Waals surface area contributed by atoms with E-state index in [1.54, 1.807) is 24.3 Å². The third kappa shape index (κ3) is 3.34. The highest BCUT2D eigenvalue weighted by Gasteiger charge is 2.33. The van der Waals surface area contributed by atoms with Crippen LogP contribution in [0.2, 0.25) is 10.0 Å². The van der Waals surface area contributed by atoms with E-state index in [0.29, 0.717) is 10.6 Å².